The van der Waals surface area contributed by atoms with Crippen molar-refractivity contribution in [1.29, 1.82) is 0 Å². The van der Waals surface area contributed by atoms with Crippen LogP contribution in [-0.4, -0.2) is 6.54 Å². The van der Waals surface area contributed by atoms with Gasteiger partial charge in [-0.25, -0.2) is 0 Å². The van der Waals surface area contributed by atoms with Crippen molar-refractivity contribution >= 4 is 0 Å². The summed E-state index contributed by atoms with van der Waals surface area (Å²) in [6.07, 6.45) is 25.2. The Bertz CT molecular complexity index is 206. The second-order valence-corrected chi connectivity index (χ2v) is 5.42. The monoisotopic (exact) mass is 265 g/mol. The molecule has 0 aliphatic heterocycles. The lowest BCUT2D eigenvalue weighted by atomic mass is 10.1. The first kappa shape index (κ1) is 18.4. The standard InChI is InChI=1S/C18H35N/c1-2-3-4-5-6-7-8-9-10-11-12-13-14-15-16-17-18-19/h14-17H,2-13,18-19H2,1H3/b15-14+,17-16+. The Hall–Kier alpha value is -0.560. The van der Waals surface area contributed by atoms with E-state index in [1.54, 1.807) is 0 Å². The lowest BCUT2D eigenvalue weighted by Gasteiger charge is -2.01. The first-order valence-corrected chi connectivity index (χ1v) is 8.43. The molecule has 112 valence electrons. The summed E-state index contributed by atoms with van der Waals surface area (Å²) in [7, 11) is 0. The van der Waals surface area contributed by atoms with E-state index in [1.807, 2.05) is 12.2 Å². The lowest BCUT2D eigenvalue weighted by molar-refractivity contribution is 0.550. The maximum Gasteiger partial charge on any atom is 0.0109 e. The zero-order valence-electron chi connectivity index (χ0n) is 13.1. The number of rotatable bonds is 14. The molecule has 0 aromatic heterocycles. The second-order valence-electron chi connectivity index (χ2n) is 5.42. The summed E-state index contributed by atoms with van der Waals surface area (Å²) < 4.78 is 0. The molecular formula is C18H35N. The summed E-state index contributed by atoms with van der Waals surface area (Å²) in [6, 6.07) is 0. The van der Waals surface area contributed by atoms with Crippen LogP contribution in [0.25, 0.3) is 0 Å². The van der Waals surface area contributed by atoms with Gasteiger partial charge in [0.15, 0.2) is 0 Å². The fourth-order valence-corrected chi connectivity index (χ4v) is 2.26. The van der Waals surface area contributed by atoms with Crippen molar-refractivity contribution < 1.29 is 0 Å². The van der Waals surface area contributed by atoms with E-state index in [9.17, 15) is 0 Å². The van der Waals surface area contributed by atoms with Crippen molar-refractivity contribution in [2.75, 3.05) is 6.54 Å². The molecule has 1 nitrogen and oxygen atoms in total. The highest BCUT2D eigenvalue weighted by Gasteiger charge is 1.92. The molecule has 0 amide bonds. The summed E-state index contributed by atoms with van der Waals surface area (Å²) in [5.41, 5.74) is 5.36. The van der Waals surface area contributed by atoms with Crippen LogP contribution >= 0.6 is 0 Å². The van der Waals surface area contributed by atoms with Crippen LogP contribution in [-0.2, 0) is 0 Å². The predicted molar refractivity (Wildman–Crippen MR) is 88.4 cm³/mol. The Balaban J connectivity index is 3.02. The first-order chi connectivity index (χ1) is 9.41. The van der Waals surface area contributed by atoms with E-state index in [1.165, 1.54) is 77.0 Å². The van der Waals surface area contributed by atoms with Crippen LogP contribution < -0.4 is 5.73 Å². The first-order valence-electron chi connectivity index (χ1n) is 8.43. The molecule has 0 fully saturated rings. The SMILES string of the molecule is CCCCCCCCCCCCC/C=C/C=C/CN. The van der Waals surface area contributed by atoms with Gasteiger partial charge in [0.1, 0.15) is 0 Å². The molecule has 0 unspecified atom stereocenters. The zero-order chi connectivity index (χ0) is 14.0. The number of hydrogen-bond acceptors (Lipinski definition) is 1. The van der Waals surface area contributed by atoms with Crippen LogP contribution in [0.4, 0.5) is 0 Å². The Morgan fingerprint density at radius 1 is 0.632 bits per heavy atom. The molecule has 0 saturated carbocycles. The summed E-state index contributed by atoms with van der Waals surface area (Å²) >= 11 is 0. The Morgan fingerprint density at radius 3 is 1.63 bits per heavy atom. The molecule has 0 aromatic rings. The van der Waals surface area contributed by atoms with E-state index in [2.05, 4.69) is 19.1 Å². The molecule has 1 heteroatoms. The van der Waals surface area contributed by atoms with Gasteiger partial charge in [-0.3, -0.25) is 0 Å². The van der Waals surface area contributed by atoms with E-state index >= 15 is 0 Å². The van der Waals surface area contributed by atoms with Gasteiger partial charge < -0.3 is 5.73 Å². The third kappa shape index (κ3) is 17.4. The molecule has 0 rings (SSSR count). The lowest BCUT2D eigenvalue weighted by Crippen LogP contribution is -1.91. The van der Waals surface area contributed by atoms with E-state index in [0.29, 0.717) is 6.54 Å². The van der Waals surface area contributed by atoms with E-state index < -0.39 is 0 Å². The predicted octanol–water partition coefficient (Wildman–Crippen LogP) is 5.76. The van der Waals surface area contributed by atoms with E-state index in [0.717, 1.165) is 0 Å². The molecule has 0 aliphatic rings. The Morgan fingerprint density at radius 2 is 1.11 bits per heavy atom. The molecular weight excluding hydrogens is 230 g/mol. The largest absolute Gasteiger partial charge is 0.327 e. The quantitative estimate of drug-likeness (QED) is 0.314. The van der Waals surface area contributed by atoms with Gasteiger partial charge in [0.2, 0.25) is 0 Å². The van der Waals surface area contributed by atoms with Crippen molar-refractivity contribution in [3.63, 3.8) is 0 Å². The summed E-state index contributed by atoms with van der Waals surface area (Å²) in [5, 5.41) is 0. The maximum atomic E-state index is 5.36. The van der Waals surface area contributed by atoms with Crippen LogP contribution in [0, 0.1) is 0 Å². The summed E-state index contributed by atoms with van der Waals surface area (Å²) in [4.78, 5) is 0. The zero-order valence-corrected chi connectivity index (χ0v) is 13.1. The van der Waals surface area contributed by atoms with Crippen molar-refractivity contribution in [3.8, 4) is 0 Å². The molecule has 0 atom stereocenters. The average Bonchev–Trinajstić information content (AvgIpc) is 2.43. The minimum atomic E-state index is 0.642. The fraction of sp³-hybridized carbons (Fsp3) is 0.778. The normalized spacial score (nSPS) is 11.9. The number of unbranched alkanes of at least 4 members (excludes halogenated alkanes) is 11. The minimum absolute atomic E-state index is 0.642. The second kappa shape index (κ2) is 17.4. The van der Waals surface area contributed by atoms with Crippen LogP contribution in [0.15, 0.2) is 24.3 Å². The summed E-state index contributed by atoms with van der Waals surface area (Å²) in [5.74, 6) is 0. The molecule has 0 aromatic carbocycles. The van der Waals surface area contributed by atoms with Crippen LogP contribution in [0.3, 0.4) is 0 Å². The molecule has 2 N–H and O–H groups in total. The molecule has 0 aliphatic carbocycles. The van der Waals surface area contributed by atoms with Gasteiger partial charge in [0.25, 0.3) is 0 Å². The van der Waals surface area contributed by atoms with Crippen LogP contribution in [0.1, 0.15) is 84.0 Å². The van der Waals surface area contributed by atoms with Gasteiger partial charge >= 0.3 is 0 Å². The smallest absolute Gasteiger partial charge is 0.0109 e. The Labute approximate surface area is 121 Å². The van der Waals surface area contributed by atoms with Crippen LogP contribution in [0.5, 0.6) is 0 Å². The average molecular weight is 265 g/mol. The fourth-order valence-electron chi connectivity index (χ4n) is 2.26. The van der Waals surface area contributed by atoms with Gasteiger partial charge in [-0.2, -0.15) is 0 Å². The van der Waals surface area contributed by atoms with Crippen molar-refractivity contribution in [2.45, 2.75) is 84.0 Å². The molecule has 0 heterocycles. The topological polar surface area (TPSA) is 26.0 Å². The molecule has 19 heavy (non-hydrogen) atoms. The Kier molecular flexibility index (Phi) is 16.9. The van der Waals surface area contributed by atoms with E-state index in [4.69, 9.17) is 5.73 Å². The highest BCUT2D eigenvalue weighted by Crippen LogP contribution is 2.11. The van der Waals surface area contributed by atoms with Crippen molar-refractivity contribution in [3.05, 3.63) is 24.3 Å². The third-order valence-electron chi connectivity index (χ3n) is 3.49. The number of hydrogen-bond donors (Lipinski definition) is 1. The minimum Gasteiger partial charge on any atom is -0.327 e. The molecule has 0 radical (unpaired) electrons. The van der Waals surface area contributed by atoms with Gasteiger partial charge in [-0.15, -0.1) is 0 Å². The third-order valence-corrected chi connectivity index (χ3v) is 3.49. The highest BCUT2D eigenvalue weighted by molar-refractivity contribution is 5.02. The summed E-state index contributed by atoms with van der Waals surface area (Å²) in [6.45, 7) is 2.92. The van der Waals surface area contributed by atoms with Gasteiger partial charge in [0.05, 0.1) is 0 Å². The number of allylic oxidation sites excluding steroid dienone is 3. The molecule has 0 spiro atoms. The van der Waals surface area contributed by atoms with Crippen LogP contribution in [0.2, 0.25) is 0 Å². The number of nitrogens with two attached hydrogens (primary N) is 1. The van der Waals surface area contributed by atoms with Crippen molar-refractivity contribution in [2.24, 2.45) is 5.73 Å². The molecule has 0 bridgehead atoms. The van der Waals surface area contributed by atoms with Gasteiger partial charge in [-0.05, 0) is 12.8 Å². The maximum absolute atomic E-state index is 5.36. The van der Waals surface area contributed by atoms with Gasteiger partial charge in [0, 0.05) is 6.54 Å². The molecule has 0 saturated heterocycles. The van der Waals surface area contributed by atoms with Crippen molar-refractivity contribution in [1.82, 2.24) is 0 Å². The highest BCUT2D eigenvalue weighted by atomic mass is 14.5. The van der Waals surface area contributed by atoms with E-state index in [-0.39, 0.29) is 0 Å². The van der Waals surface area contributed by atoms with Gasteiger partial charge in [-0.1, -0.05) is 95.4 Å².